The van der Waals surface area contributed by atoms with Crippen LogP contribution < -0.4 is 10.6 Å². The van der Waals surface area contributed by atoms with E-state index in [2.05, 4.69) is 10.6 Å². The van der Waals surface area contributed by atoms with Gasteiger partial charge < -0.3 is 15.7 Å². The Kier molecular flexibility index (Phi) is 5.71. The molecule has 122 valence electrons. The summed E-state index contributed by atoms with van der Waals surface area (Å²) >= 11 is 0. The van der Waals surface area contributed by atoms with Gasteiger partial charge in [0.25, 0.3) is 0 Å². The summed E-state index contributed by atoms with van der Waals surface area (Å²) in [5, 5.41) is 14.9. The third-order valence-electron chi connectivity index (χ3n) is 4.13. The van der Waals surface area contributed by atoms with Crippen molar-refractivity contribution in [2.75, 3.05) is 13.1 Å². The Hall–Kier alpha value is -1.69. The molecule has 1 aromatic rings. The van der Waals surface area contributed by atoms with Gasteiger partial charge in [0.15, 0.2) is 0 Å². The first-order valence-electron chi connectivity index (χ1n) is 7.60. The molecule has 4 nitrogen and oxygen atoms in total. The number of hydrogen-bond donors (Lipinski definition) is 3. The molecule has 0 aromatic heterocycles. The summed E-state index contributed by atoms with van der Waals surface area (Å²) in [4.78, 5) is 11.7. The van der Waals surface area contributed by atoms with E-state index in [1.165, 1.54) is 12.1 Å². The van der Waals surface area contributed by atoms with Crippen LogP contribution in [-0.2, 0) is 0 Å². The minimum Gasteiger partial charge on any atom is -0.393 e. The van der Waals surface area contributed by atoms with Gasteiger partial charge in [-0.1, -0.05) is 13.0 Å². The molecule has 1 aliphatic carbocycles. The Labute approximate surface area is 128 Å². The first-order valence-corrected chi connectivity index (χ1v) is 7.60. The van der Waals surface area contributed by atoms with Gasteiger partial charge in [-0.25, -0.2) is 13.6 Å². The average molecular weight is 312 g/mol. The van der Waals surface area contributed by atoms with Crippen LogP contribution in [0.4, 0.5) is 13.6 Å². The summed E-state index contributed by atoms with van der Waals surface area (Å²) in [6, 6.07) is 3.14. The van der Waals surface area contributed by atoms with E-state index in [-0.39, 0.29) is 24.6 Å². The number of hydrogen-bond acceptors (Lipinski definition) is 2. The number of urea groups is 1. The van der Waals surface area contributed by atoms with Crippen molar-refractivity contribution in [3.05, 3.63) is 35.4 Å². The Morgan fingerprint density at radius 3 is 2.77 bits per heavy atom. The van der Waals surface area contributed by atoms with Crippen molar-refractivity contribution in [1.29, 1.82) is 0 Å². The SMILES string of the molecule is C[C@H](CNC(=O)NC[C@H]1CC[C@@H](O)C1)c1ccc(F)cc1F. The fourth-order valence-electron chi connectivity index (χ4n) is 2.79. The third kappa shape index (κ3) is 4.66. The number of amides is 2. The summed E-state index contributed by atoms with van der Waals surface area (Å²) in [6.07, 6.45) is 2.17. The standard InChI is InChI=1S/C16H22F2N2O2/c1-10(14-5-3-12(17)7-15(14)18)8-19-16(22)20-9-11-2-4-13(21)6-11/h3,5,7,10-11,13,21H,2,4,6,8-9H2,1H3,(H2,19,20,22)/t10-,11+,13-/m1/s1. The highest BCUT2D eigenvalue weighted by molar-refractivity contribution is 5.73. The van der Waals surface area contributed by atoms with Gasteiger partial charge in [-0.15, -0.1) is 0 Å². The highest BCUT2D eigenvalue weighted by Gasteiger charge is 2.23. The van der Waals surface area contributed by atoms with Gasteiger partial charge in [-0.3, -0.25) is 0 Å². The molecule has 0 radical (unpaired) electrons. The molecule has 3 atom stereocenters. The largest absolute Gasteiger partial charge is 0.393 e. The fourth-order valence-corrected chi connectivity index (χ4v) is 2.79. The smallest absolute Gasteiger partial charge is 0.314 e. The first kappa shape index (κ1) is 16.7. The van der Waals surface area contributed by atoms with E-state index in [0.717, 1.165) is 25.3 Å². The summed E-state index contributed by atoms with van der Waals surface area (Å²) in [6.45, 7) is 2.56. The predicted octanol–water partition coefficient (Wildman–Crippen LogP) is 2.53. The second kappa shape index (κ2) is 7.54. The van der Waals surface area contributed by atoms with Gasteiger partial charge in [-0.2, -0.15) is 0 Å². The van der Waals surface area contributed by atoms with Gasteiger partial charge in [0.2, 0.25) is 0 Å². The first-order chi connectivity index (χ1) is 10.5. The number of rotatable bonds is 5. The van der Waals surface area contributed by atoms with Crippen LogP contribution in [0.1, 0.15) is 37.7 Å². The molecule has 0 saturated heterocycles. The Morgan fingerprint density at radius 1 is 1.36 bits per heavy atom. The number of nitrogens with one attached hydrogen (secondary N) is 2. The fraction of sp³-hybridized carbons (Fsp3) is 0.562. The Bertz CT molecular complexity index is 525. The highest BCUT2D eigenvalue weighted by atomic mass is 19.1. The molecule has 0 heterocycles. The van der Waals surface area contributed by atoms with Crippen LogP contribution in [0.5, 0.6) is 0 Å². The quantitative estimate of drug-likeness (QED) is 0.782. The minimum atomic E-state index is -0.613. The van der Waals surface area contributed by atoms with E-state index in [1.54, 1.807) is 6.92 Å². The maximum Gasteiger partial charge on any atom is 0.314 e. The maximum atomic E-state index is 13.6. The Morgan fingerprint density at radius 2 is 2.14 bits per heavy atom. The molecular formula is C16H22F2N2O2. The molecule has 1 aromatic carbocycles. The van der Waals surface area contributed by atoms with E-state index < -0.39 is 11.6 Å². The zero-order valence-electron chi connectivity index (χ0n) is 12.6. The van der Waals surface area contributed by atoms with Crippen molar-refractivity contribution in [1.82, 2.24) is 10.6 Å². The maximum absolute atomic E-state index is 13.6. The topological polar surface area (TPSA) is 61.4 Å². The van der Waals surface area contributed by atoms with Gasteiger partial charge in [0.1, 0.15) is 11.6 Å². The number of aliphatic hydroxyl groups excluding tert-OH is 1. The zero-order valence-corrected chi connectivity index (χ0v) is 12.6. The summed E-state index contributed by atoms with van der Waals surface area (Å²) in [5.41, 5.74) is 0.376. The molecule has 2 rings (SSSR count). The monoisotopic (exact) mass is 312 g/mol. The predicted molar refractivity (Wildman–Crippen MR) is 79.5 cm³/mol. The number of benzene rings is 1. The highest BCUT2D eigenvalue weighted by Crippen LogP contribution is 2.24. The van der Waals surface area contributed by atoms with E-state index in [9.17, 15) is 18.7 Å². The van der Waals surface area contributed by atoms with Crippen molar-refractivity contribution in [2.24, 2.45) is 5.92 Å². The zero-order chi connectivity index (χ0) is 16.1. The van der Waals surface area contributed by atoms with Crippen molar-refractivity contribution >= 4 is 6.03 Å². The number of carbonyl (C=O) groups excluding carboxylic acids is 1. The minimum absolute atomic E-state index is 0.250. The van der Waals surface area contributed by atoms with Gasteiger partial charge >= 0.3 is 6.03 Å². The van der Waals surface area contributed by atoms with Crippen LogP contribution >= 0.6 is 0 Å². The molecule has 22 heavy (non-hydrogen) atoms. The van der Waals surface area contributed by atoms with Crippen LogP contribution in [0.15, 0.2) is 18.2 Å². The molecule has 1 saturated carbocycles. The van der Waals surface area contributed by atoms with Crippen molar-refractivity contribution in [3.63, 3.8) is 0 Å². The normalized spacial score (nSPS) is 22.4. The number of carbonyl (C=O) groups is 1. The molecule has 3 N–H and O–H groups in total. The third-order valence-corrected chi connectivity index (χ3v) is 4.13. The molecule has 0 spiro atoms. The van der Waals surface area contributed by atoms with Gasteiger partial charge in [0, 0.05) is 25.1 Å². The van der Waals surface area contributed by atoms with Crippen molar-refractivity contribution in [3.8, 4) is 0 Å². The van der Waals surface area contributed by atoms with E-state index in [1.807, 2.05) is 0 Å². The van der Waals surface area contributed by atoms with E-state index in [0.29, 0.717) is 18.0 Å². The van der Waals surface area contributed by atoms with Crippen molar-refractivity contribution < 1.29 is 18.7 Å². The van der Waals surface area contributed by atoms with Gasteiger partial charge in [0.05, 0.1) is 6.10 Å². The molecule has 0 bridgehead atoms. The average Bonchev–Trinajstić information content (AvgIpc) is 2.88. The Balaban J connectivity index is 1.73. The van der Waals surface area contributed by atoms with Crippen LogP contribution in [-0.4, -0.2) is 30.3 Å². The lowest BCUT2D eigenvalue weighted by molar-refractivity contribution is 0.177. The lowest BCUT2D eigenvalue weighted by atomic mass is 10.0. The molecule has 0 unspecified atom stereocenters. The second-order valence-electron chi connectivity index (χ2n) is 5.99. The summed E-state index contributed by atoms with van der Waals surface area (Å²) < 4.78 is 26.5. The molecule has 1 aliphatic rings. The van der Waals surface area contributed by atoms with Crippen LogP contribution in [0, 0.1) is 17.6 Å². The number of halogens is 2. The summed E-state index contributed by atoms with van der Waals surface area (Å²) in [7, 11) is 0. The molecule has 1 fully saturated rings. The van der Waals surface area contributed by atoms with Crippen molar-refractivity contribution in [2.45, 2.75) is 38.2 Å². The second-order valence-corrected chi connectivity index (χ2v) is 5.99. The number of aliphatic hydroxyl groups is 1. The van der Waals surface area contributed by atoms with Crippen LogP contribution in [0.25, 0.3) is 0 Å². The van der Waals surface area contributed by atoms with Crippen LogP contribution in [0.2, 0.25) is 0 Å². The van der Waals surface area contributed by atoms with Crippen LogP contribution in [0.3, 0.4) is 0 Å². The lowest BCUT2D eigenvalue weighted by Crippen LogP contribution is -2.39. The summed E-state index contributed by atoms with van der Waals surface area (Å²) in [5.74, 6) is -1.15. The lowest BCUT2D eigenvalue weighted by Gasteiger charge is -2.16. The molecular weight excluding hydrogens is 290 g/mol. The molecule has 0 aliphatic heterocycles. The molecule has 2 amide bonds. The molecule has 6 heteroatoms. The van der Waals surface area contributed by atoms with Gasteiger partial charge in [-0.05, 0) is 36.8 Å². The van der Waals surface area contributed by atoms with E-state index in [4.69, 9.17) is 0 Å². The van der Waals surface area contributed by atoms with E-state index >= 15 is 0 Å².